The zero-order chi connectivity index (χ0) is 32.4. The largest absolute Gasteiger partial charge is 0.416 e. The molecule has 0 saturated carbocycles. The molecule has 0 aromatic heterocycles. The molecule has 0 bridgehead atoms. The molecule has 0 unspecified atom stereocenters. The number of nitrogens with two attached hydrogens (primary N) is 1. The van der Waals surface area contributed by atoms with E-state index in [2.05, 4.69) is 10.6 Å². The van der Waals surface area contributed by atoms with Crippen LogP contribution >= 0.6 is 23.2 Å². The molecule has 2 aliphatic rings. The number of carbonyl (C=O) groups is 3. The molecule has 17 heteroatoms. The SMILES string of the molecule is NCCCC[C@@H]1C(=O)N2C[C@H](NC(=O)Nc3cc(C(F)(F)F)cc(C(F)(F)F)c3)C[C@H]2CN1C(=O)Nc1ccc(Cl)c(Cl)c1. The lowest BCUT2D eigenvalue weighted by Crippen LogP contribution is -2.62. The van der Waals surface area contributed by atoms with Crippen LogP contribution in [0.2, 0.25) is 10.0 Å². The van der Waals surface area contributed by atoms with Gasteiger partial charge in [0.1, 0.15) is 6.04 Å². The molecule has 2 heterocycles. The summed E-state index contributed by atoms with van der Waals surface area (Å²) in [6.45, 7) is 0.525. The number of amides is 5. The fraction of sp³-hybridized carbons (Fsp3) is 0.444. The Labute approximate surface area is 258 Å². The highest BCUT2D eigenvalue weighted by Crippen LogP contribution is 2.38. The van der Waals surface area contributed by atoms with Gasteiger partial charge in [-0.1, -0.05) is 23.2 Å². The van der Waals surface area contributed by atoms with E-state index in [9.17, 15) is 40.7 Å². The molecule has 2 aromatic rings. The second kappa shape index (κ2) is 13.3. The number of urea groups is 2. The van der Waals surface area contributed by atoms with E-state index in [1.54, 1.807) is 6.07 Å². The van der Waals surface area contributed by atoms with Gasteiger partial charge >= 0.3 is 24.4 Å². The average molecular weight is 669 g/mol. The second-order valence-corrected chi connectivity index (χ2v) is 11.3. The number of anilines is 2. The highest BCUT2D eigenvalue weighted by atomic mass is 35.5. The molecule has 2 saturated heterocycles. The first-order chi connectivity index (χ1) is 20.6. The lowest BCUT2D eigenvalue weighted by atomic mass is 10.0. The predicted octanol–water partition coefficient (Wildman–Crippen LogP) is 6.17. The van der Waals surface area contributed by atoms with Gasteiger partial charge in [0.05, 0.1) is 33.3 Å². The van der Waals surface area contributed by atoms with Crippen molar-refractivity contribution in [3.05, 3.63) is 57.6 Å². The van der Waals surface area contributed by atoms with Gasteiger partial charge in [-0.05, 0) is 68.6 Å². The van der Waals surface area contributed by atoms with Gasteiger partial charge in [0, 0.05) is 24.5 Å². The van der Waals surface area contributed by atoms with Crippen molar-refractivity contribution < 1.29 is 40.7 Å². The number of hydrogen-bond acceptors (Lipinski definition) is 4. The van der Waals surface area contributed by atoms with Crippen LogP contribution in [0.3, 0.4) is 0 Å². The third kappa shape index (κ3) is 7.99. The first kappa shape index (κ1) is 33.5. The lowest BCUT2D eigenvalue weighted by Gasteiger charge is -2.42. The molecule has 2 aliphatic heterocycles. The summed E-state index contributed by atoms with van der Waals surface area (Å²) in [5.74, 6) is -0.361. The van der Waals surface area contributed by atoms with Gasteiger partial charge < -0.3 is 31.5 Å². The average Bonchev–Trinajstić information content (AvgIpc) is 3.33. The summed E-state index contributed by atoms with van der Waals surface area (Å²) in [6, 6.07) is 1.60. The van der Waals surface area contributed by atoms with E-state index >= 15 is 0 Å². The molecular formula is C27H28Cl2F6N6O3. The second-order valence-electron chi connectivity index (χ2n) is 10.5. The minimum absolute atomic E-state index is 0.0307. The van der Waals surface area contributed by atoms with E-state index in [0.717, 1.165) is 0 Å². The topological polar surface area (TPSA) is 120 Å². The number of rotatable bonds is 7. The Morgan fingerprint density at radius 1 is 0.886 bits per heavy atom. The molecule has 5 N–H and O–H groups in total. The highest BCUT2D eigenvalue weighted by molar-refractivity contribution is 6.42. The smallest absolute Gasteiger partial charge is 0.334 e. The molecule has 0 radical (unpaired) electrons. The number of fused-ring (bicyclic) bond motifs is 1. The van der Waals surface area contributed by atoms with E-state index < -0.39 is 59.4 Å². The quantitative estimate of drug-likeness (QED) is 0.208. The van der Waals surface area contributed by atoms with Gasteiger partial charge in [0.25, 0.3) is 0 Å². The molecule has 240 valence electrons. The number of nitrogens with one attached hydrogen (secondary N) is 3. The van der Waals surface area contributed by atoms with Crippen LogP contribution in [0, 0.1) is 0 Å². The Morgan fingerprint density at radius 2 is 1.55 bits per heavy atom. The summed E-state index contributed by atoms with van der Waals surface area (Å²) in [5, 5.41) is 7.76. The summed E-state index contributed by atoms with van der Waals surface area (Å²) in [7, 11) is 0. The van der Waals surface area contributed by atoms with Gasteiger partial charge in [0.2, 0.25) is 5.91 Å². The fourth-order valence-corrected chi connectivity index (χ4v) is 5.58. The molecule has 0 aliphatic carbocycles. The molecule has 0 spiro atoms. The van der Waals surface area contributed by atoms with Gasteiger partial charge in [-0.15, -0.1) is 0 Å². The number of halogens is 8. The minimum Gasteiger partial charge on any atom is -0.334 e. The molecule has 9 nitrogen and oxygen atoms in total. The highest BCUT2D eigenvalue weighted by Gasteiger charge is 2.47. The summed E-state index contributed by atoms with van der Waals surface area (Å²) < 4.78 is 79.2. The van der Waals surface area contributed by atoms with Crippen molar-refractivity contribution in [2.75, 3.05) is 30.3 Å². The maximum Gasteiger partial charge on any atom is 0.416 e. The van der Waals surface area contributed by atoms with Gasteiger partial charge in [0.15, 0.2) is 0 Å². The van der Waals surface area contributed by atoms with Crippen molar-refractivity contribution in [3.63, 3.8) is 0 Å². The number of carbonyl (C=O) groups excluding carboxylic acids is 3. The molecule has 4 rings (SSSR count). The summed E-state index contributed by atoms with van der Waals surface area (Å²) in [5.41, 5.74) is 2.09. The van der Waals surface area contributed by atoms with Crippen molar-refractivity contribution in [2.45, 2.75) is 56.2 Å². The fourth-order valence-electron chi connectivity index (χ4n) is 5.28. The van der Waals surface area contributed by atoms with Crippen LogP contribution in [0.4, 0.5) is 47.3 Å². The van der Waals surface area contributed by atoms with Crippen LogP contribution in [0.5, 0.6) is 0 Å². The van der Waals surface area contributed by atoms with Gasteiger partial charge in [-0.2, -0.15) is 26.3 Å². The first-order valence-electron chi connectivity index (χ1n) is 13.5. The number of nitrogens with zero attached hydrogens (tertiary/aromatic N) is 2. The van der Waals surface area contributed by atoms with Crippen molar-refractivity contribution in [1.82, 2.24) is 15.1 Å². The maximum atomic E-state index is 13.5. The standard InChI is InChI=1S/C27H28Cl2F6N6O3/c28-20-5-4-16(11-21(20)29)39-25(44)41-13-19-10-18(12-40(19)23(42)22(41)3-1-2-6-36)38-24(43)37-17-8-14(26(30,31)32)7-15(9-17)27(33,34)35/h4-5,7-9,11,18-19,22H,1-3,6,10,12-13,36H2,(H,39,44)(H2,37,38,43)/t18-,19+,22-/m1/s1. The van der Waals surface area contributed by atoms with Gasteiger partial charge in [-0.25, -0.2) is 9.59 Å². The van der Waals surface area contributed by atoms with Crippen LogP contribution < -0.4 is 21.7 Å². The number of unbranched alkanes of at least 4 members (excludes halogenated alkanes) is 1. The number of benzene rings is 2. The first-order valence-corrected chi connectivity index (χ1v) is 14.2. The van der Waals surface area contributed by atoms with E-state index in [0.29, 0.717) is 43.6 Å². The Morgan fingerprint density at radius 3 is 2.14 bits per heavy atom. The minimum atomic E-state index is -5.08. The van der Waals surface area contributed by atoms with E-state index in [4.69, 9.17) is 28.9 Å². The Bertz CT molecular complexity index is 1380. The van der Waals surface area contributed by atoms with Gasteiger partial charge in [-0.3, -0.25) is 4.79 Å². The van der Waals surface area contributed by atoms with Crippen LogP contribution in [0.25, 0.3) is 0 Å². The van der Waals surface area contributed by atoms with E-state index in [-0.39, 0.29) is 41.5 Å². The van der Waals surface area contributed by atoms with E-state index in [1.165, 1.54) is 21.9 Å². The lowest BCUT2D eigenvalue weighted by molar-refractivity contribution is -0.143. The zero-order valence-corrected chi connectivity index (χ0v) is 24.4. The number of piperazine rings is 1. The monoisotopic (exact) mass is 668 g/mol. The summed E-state index contributed by atoms with van der Waals surface area (Å²) in [4.78, 5) is 42.4. The third-order valence-corrected chi connectivity index (χ3v) is 8.05. The molecule has 5 amide bonds. The van der Waals surface area contributed by atoms with Crippen LogP contribution in [-0.2, 0) is 17.1 Å². The van der Waals surface area contributed by atoms with Crippen molar-refractivity contribution in [3.8, 4) is 0 Å². The van der Waals surface area contributed by atoms with Crippen LogP contribution in [0.15, 0.2) is 36.4 Å². The molecule has 44 heavy (non-hydrogen) atoms. The molecular weight excluding hydrogens is 641 g/mol. The predicted molar refractivity (Wildman–Crippen MR) is 151 cm³/mol. The van der Waals surface area contributed by atoms with Crippen LogP contribution in [0.1, 0.15) is 36.8 Å². The Kier molecular flexibility index (Phi) is 10.1. The van der Waals surface area contributed by atoms with E-state index in [1.807, 2.05) is 5.32 Å². The van der Waals surface area contributed by atoms with Crippen molar-refractivity contribution in [2.24, 2.45) is 5.73 Å². The third-order valence-electron chi connectivity index (χ3n) is 7.31. The molecule has 2 fully saturated rings. The van der Waals surface area contributed by atoms with Crippen LogP contribution in [-0.4, -0.2) is 65.5 Å². The van der Waals surface area contributed by atoms with Crippen molar-refractivity contribution in [1.29, 1.82) is 0 Å². The molecule has 3 atom stereocenters. The Hall–Kier alpha value is -3.43. The number of alkyl halides is 6. The summed E-state index contributed by atoms with van der Waals surface area (Å²) >= 11 is 12.0. The Balaban J connectivity index is 1.46. The maximum absolute atomic E-state index is 13.5. The zero-order valence-electron chi connectivity index (χ0n) is 22.9. The summed E-state index contributed by atoms with van der Waals surface area (Å²) in [6.07, 6.45) is -8.48. The molecule has 2 aromatic carbocycles. The van der Waals surface area contributed by atoms with Crippen molar-refractivity contribution >= 4 is 52.5 Å². The number of hydrogen-bond donors (Lipinski definition) is 4. The normalized spacial score (nSPS) is 20.4.